The lowest BCUT2D eigenvalue weighted by atomic mass is 10.1. The number of aromatic nitrogens is 4. The molecular weight excluding hydrogens is 612 g/mol. The summed E-state index contributed by atoms with van der Waals surface area (Å²) < 4.78 is 43.7. The lowest BCUT2D eigenvalue weighted by Crippen LogP contribution is -2.50. The number of carbonyl (C=O) groups excluding carboxylic acids is 3. The van der Waals surface area contributed by atoms with E-state index in [0.29, 0.717) is 45.6 Å². The van der Waals surface area contributed by atoms with E-state index in [4.69, 9.17) is 17.3 Å². The number of carbonyl (C=O) groups is 3. The summed E-state index contributed by atoms with van der Waals surface area (Å²) >= 11 is 6.41. The van der Waals surface area contributed by atoms with Crippen LogP contribution in [0, 0.1) is 0 Å². The summed E-state index contributed by atoms with van der Waals surface area (Å²) in [4.78, 5) is 45.7. The second-order valence-electron chi connectivity index (χ2n) is 10.3. The number of anilines is 1. The van der Waals surface area contributed by atoms with Gasteiger partial charge in [0.05, 0.1) is 34.1 Å². The maximum Gasteiger partial charge on any atom is 0.435 e. The van der Waals surface area contributed by atoms with Crippen LogP contribution in [0.15, 0.2) is 30.6 Å². The van der Waals surface area contributed by atoms with Crippen molar-refractivity contribution in [3.63, 3.8) is 0 Å². The number of imidazole rings is 1. The molecule has 43 heavy (non-hydrogen) atoms. The van der Waals surface area contributed by atoms with Gasteiger partial charge in [0.15, 0.2) is 11.5 Å². The van der Waals surface area contributed by atoms with E-state index in [-0.39, 0.29) is 63.6 Å². The molecule has 232 valence electrons. The molecule has 1 saturated heterocycles. The van der Waals surface area contributed by atoms with Gasteiger partial charge in [-0.05, 0) is 44.0 Å². The molecule has 1 saturated carbocycles. The van der Waals surface area contributed by atoms with Gasteiger partial charge in [0.2, 0.25) is 5.91 Å². The molecular formula is C27H31Cl2F3N8O3. The SMILES string of the molecule is Cl.Cn1c(-c2cn(C3CC3)nc2C(F)(F)F)cnc1C(=O)Nc1ccc(C(=O)N2CCN(C(=O)CCCN)CC2)c(Cl)c1. The molecule has 5 rings (SSSR count). The Morgan fingerprint density at radius 1 is 1.12 bits per heavy atom. The zero-order valence-corrected chi connectivity index (χ0v) is 24.8. The van der Waals surface area contributed by atoms with E-state index in [1.165, 1.54) is 46.9 Å². The van der Waals surface area contributed by atoms with Crippen molar-refractivity contribution in [2.24, 2.45) is 12.8 Å². The molecule has 0 spiro atoms. The Bertz CT molecular complexity index is 1510. The van der Waals surface area contributed by atoms with Crippen LogP contribution in [0.3, 0.4) is 0 Å². The molecule has 0 unspecified atom stereocenters. The van der Waals surface area contributed by atoms with Crippen LogP contribution in [0.25, 0.3) is 11.3 Å². The number of nitrogens with zero attached hydrogens (tertiary/aromatic N) is 6. The molecule has 11 nitrogen and oxygen atoms in total. The average molecular weight is 643 g/mol. The number of piperazine rings is 1. The van der Waals surface area contributed by atoms with Gasteiger partial charge in [0.25, 0.3) is 11.8 Å². The van der Waals surface area contributed by atoms with E-state index in [9.17, 15) is 27.6 Å². The second kappa shape index (κ2) is 12.9. The fourth-order valence-electron chi connectivity index (χ4n) is 4.88. The van der Waals surface area contributed by atoms with E-state index < -0.39 is 17.8 Å². The number of benzene rings is 1. The molecule has 1 aliphatic carbocycles. The Balaban J connectivity index is 0.00000423. The predicted octanol–water partition coefficient (Wildman–Crippen LogP) is 3.99. The van der Waals surface area contributed by atoms with Gasteiger partial charge in [-0.25, -0.2) is 4.98 Å². The van der Waals surface area contributed by atoms with Gasteiger partial charge in [-0.2, -0.15) is 18.3 Å². The van der Waals surface area contributed by atoms with Gasteiger partial charge in [-0.3, -0.25) is 19.1 Å². The number of halogens is 5. The summed E-state index contributed by atoms with van der Waals surface area (Å²) in [6.07, 6.45) is 0.390. The van der Waals surface area contributed by atoms with Crippen molar-refractivity contribution < 1.29 is 27.6 Å². The zero-order chi connectivity index (χ0) is 30.2. The van der Waals surface area contributed by atoms with Gasteiger partial charge < -0.3 is 25.4 Å². The fourth-order valence-corrected chi connectivity index (χ4v) is 5.14. The molecule has 0 atom stereocenters. The first-order valence-electron chi connectivity index (χ1n) is 13.5. The van der Waals surface area contributed by atoms with E-state index in [0.717, 1.165) is 12.8 Å². The molecule has 3 heterocycles. The number of alkyl halides is 3. The third-order valence-corrected chi connectivity index (χ3v) is 7.67. The highest BCUT2D eigenvalue weighted by Crippen LogP contribution is 2.41. The highest BCUT2D eigenvalue weighted by molar-refractivity contribution is 6.34. The standard InChI is InChI=1S/C27H30ClF3N8O3.ClH/c1-36-21(19-15-39(17-5-6-17)35-23(19)27(29,30)31)14-33-24(36)25(41)34-16-4-7-18(20(28)13-16)26(42)38-11-9-37(10-12-38)22(40)3-2-8-32;/h4,7,13-15,17H,2-3,5-6,8-12,32H2,1H3,(H,34,41);1H. The van der Waals surface area contributed by atoms with Crippen LogP contribution < -0.4 is 11.1 Å². The van der Waals surface area contributed by atoms with Gasteiger partial charge in [-0.15, -0.1) is 12.4 Å². The predicted molar refractivity (Wildman–Crippen MR) is 155 cm³/mol. The summed E-state index contributed by atoms with van der Waals surface area (Å²) in [5.74, 6) is -1.07. The maximum absolute atomic E-state index is 13.7. The van der Waals surface area contributed by atoms with Crippen molar-refractivity contribution in [1.82, 2.24) is 29.1 Å². The Kier molecular flexibility index (Phi) is 9.72. The van der Waals surface area contributed by atoms with Crippen molar-refractivity contribution in [2.75, 3.05) is 38.0 Å². The van der Waals surface area contributed by atoms with Crippen LogP contribution in [0.5, 0.6) is 0 Å². The molecule has 1 aliphatic heterocycles. The first-order valence-corrected chi connectivity index (χ1v) is 13.9. The highest BCUT2D eigenvalue weighted by atomic mass is 35.5. The molecule has 2 fully saturated rings. The number of nitrogens with two attached hydrogens (primary N) is 1. The lowest BCUT2D eigenvalue weighted by molar-refractivity contribution is -0.141. The van der Waals surface area contributed by atoms with Crippen LogP contribution in [0.4, 0.5) is 18.9 Å². The van der Waals surface area contributed by atoms with Crippen LogP contribution in [-0.4, -0.2) is 79.6 Å². The minimum Gasteiger partial charge on any atom is -0.339 e. The molecule has 1 aromatic carbocycles. The fraction of sp³-hybridized carbons (Fsp3) is 0.444. The number of nitrogens with one attached hydrogen (secondary N) is 1. The largest absolute Gasteiger partial charge is 0.435 e. The summed E-state index contributed by atoms with van der Waals surface area (Å²) in [5, 5.41) is 6.50. The first-order chi connectivity index (χ1) is 20.0. The van der Waals surface area contributed by atoms with Gasteiger partial charge in [-0.1, -0.05) is 11.6 Å². The van der Waals surface area contributed by atoms with Gasteiger partial charge >= 0.3 is 6.18 Å². The summed E-state index contributed by atoms with van der Waals surface area (Å²) in [6.45, 7) is 1.99. The topological polar surface area (TPSA) is 131 Å². The van der Waals surface area contributed by atoms with Crippen molar-refractivity contribution in [2.45, 2.75) is 37.9 Å². The Labute approximate surface area is 256 Å². The van der Waals surface area contributed by atoms with E-state index in [1.807, 2.05) is 0 Å². The quantitative estimate of drug-likeness (QED) is 0.382. The van der Waals surface area contributed by atoms with Crippen LogP contribution in [0.2, 0.25) is 5.02 Å². The first kappa shape index (κ1) is 32.3. The Hall–Kier alpha value is -3.62. The molecule has 3 aromatic rings. The molecule has 16 heteroatoms. The summed E-state index contributed by atoms with van der Waals surface area (Å²) in [6, 6.07) is 4.36. The van der Waals surface area contributed by atoms with Crippen molar-refractivity contribution in [1.29, 1.82) is 0 Å². The molecule has 0 bridgehead atoms. The number of rotatable bonds is 8. The molecule has 0 radical (unpaired) electrons. The smallest absolute Gasteiger partial charge is 0.339 e. The second-order valence-corrected chi connectivity index (χ2v) is 10.7. The molecule has 3 amide bonds. The van der Waals surface area contributed by atoms with Crippen molar-refractivity contribution in [3.8, 4) is 11.3 Å². The number of hydrogen-bond acceptors (Lipinski definition) is 6. The minimum atomic E-state index is -4.67. The minimum absolute atomic E-state index is 0. The average Bonchev–Trinajstić information content (AvgIpc) is 3.58. The van der Waals surface area contributed by atoms with Crippen LogP contribution in [-0.2, 0) is 18.0 Å². The zero-order valence-electron chi connectivity index (χ0n) is 23.2. The number of amides is 3. The van der Waals surface area contributed by atoms with E-state index in [1.54, 1.807) is 9.80 Å². The third kappa shape index (κ3) is 6.97. The normalized spacial score (nSPS) is 15.3. The van der Waals surface area contributed by atoms with Crippen LogP contribution >= 0.6 is 24.0 Å². The maximum atomic E-state index is 13.7. The Morgan fingerprint density at radius 2 is 1.79 bits per heavy atom. The summed E-state index contributed by atoms with van der Waals surface area (Å²) in [7, 11) is 1.45. The Morgan fingerprint density at radius 3 is 2.40 bits per heavy atom. The van der Waals surface area contributed by atoms with Crippen molar-refractivity contribution in [3.05, 3.63) is 52.7 Å². The molecule has 3 N–H and O–H groups in total. The molecule has 2 aromatic heterocycles. The van der Waals surface area contributed by atoms with Gasteiger partial charge in [0.1, 0.15) is 0 Å². The lowest BCUT2D eigenvalue weighted by Gasteiger charge is -2.35. The summed E-state index contributed by atoms with van der Waals surface area (Å²) in [5.41, 5.74) is 4.90. The number of hydrogen-bond donors (Lipinski definition) is 2. The highest BCUT2D eigenvalue weighted by Gasteiger charge is 2.40. The molecule has 2 aliphatic rings. The third-order valence-electron chi connectivity index (χ3n) is 7.36. The van der Waals surface area contributed by atoms with Crippen LogP contribution in [0.1, 0.15) is 58.4 Å². The van der Waals surface area contributed by atoms with Crippen molar-refractivity contribution >= 4 is 47.4 Å². The monoisotopic (exact) mass is 642 g/mol. The van der Waals surface area contributed by atoms with E-state index >= 15 is 0 Å². The van der Waals surface area contributed by atoms with Gasteiger partial charge in [0, 0.05) is 51.5 Å². The van der Waals surface area contributed by atoms with E-state index in [2.05, 4.69) is 15.4 Å².